The van der Waals surface area contributed by atoms with Gasteiger partial charge in [0.25, 0.3) is 0 Å². The fraction of sp³-hybridized carbons (Fsp3) is 0.529. The van der Waals surface area contributed by atoms with Gasteiger partial charge in [-0.15, -0.1) is 10.2 Å². The summed E-state index contributed by atoms with van der Waals surface area (Å²) in [5, 5.41) is 18.6. The highest BCUT2D eigenvalue weighted by atomic mass is 16.4. The molecule has 22 heavy (non-hydrogen) atoms. The molecular weight excluding hydrogens is 278 g/mol. The Morgan fingerprint density at radius 2 is 1.86 bits per heavy atom. The lowest BCUT2D eigenvalue weighted by Crippen LogP contribution is -2.35. The number of aromatic nitrogens is 2. The molecule has 2 aromatic rings. The SMILES string of the molecule is CCc1nnc(CN2CCC(C(O)c3ccccc3)CC2)o1. The zero-order valence-corrected chi connectivity index (χ0v) is 13.0. The Morgan fingerprint density at radius 3 is 2.50 bits per heavy atom. The van der Waals surface area contributed by atoms with Crippen molar-refractivity contribution in [3.8, 4) is 0 Å². The Balaban J connectivity index is 1.52. The summed E-state index contributed by atoms with van der Waals surface area (Å²) in [6.07, 6.45) is 2.40. The highest BCUT2D eigenvalue weighted by molar-refractivity contribution is 5.18. The van der Waals surface area contributed by atoms with Crippen molar-refractivity contribution in [2.45, 2.75) is 38.8 Å². The fourth-order valence-electron chi connectivity index (χ4n) is 3.04. The number of hydrogen-bond acceptors (Lipinski definition) is 5. The molecule has 0 amide bonds. The largest absolute Gasteiger partial charge is 0.424 e. The molecule has 0 spiro atoms. The van der Waals surface area contributed by atoms with E-state index in [1.807, 2.05) is 37.3 Å². The molecule has 1 aromatic carbocycles. The topological polar surface area (TPSA) is 62.4 Å². The van der Waals surface area contributed by atoms with Gasteiger partial charge >= 0.3 is 0 Å². The first-order valence-corrected chi connectivity index (χ1v) is 8.03. The quantitative estimate of drug-likeness (QED) is 0.919. The van der Waals surface area contributed by atoms with Crippen molar-refractivity contribution in [1.82, 2.24) is 15.1 Å². The molecule has 1 atom stereocenters. The highest BCUT2D eigenvalue weighted by Crippen LogP contribution is 2.30. The lowest BCUT2D eigenvalue weighted by Gasteiger charge is -2.33. The maximum atomic E-state index is 10.5. The molecule has 1 N–H and O–H groups in total. The smallest absolute Gasteiger partial charge is 0.230 e. The predicted octanol–water partition coefficient (Wildman–Crippen LogP) is 2.58. The second kappa shape index (κ2) is 7.03. The van der Waals surface area contributed by atoms with Crippen LogP contribution in [0, 0.1) is 5.92 Å². The fourth-order valence-corrected chi connectivity index (χ4v) is 3.04. The van der Waals surface area contributed by atoms with Crippen LogP contribution in [0.1, 0.15) is 43.2 Å². The second-order valence-electron chi connectivity index (χ2n) is 5.91. The van der Waals surface area contributed by atoms with Crippen molar-refractivity contribution in [2.75, 3.05) is 13.1 Å². The molecule has 1 fully saturated rings. The lowest BCUT2D eigenvalue weighted by molar-refractivity contribution is 0.0543. The van der Waals surface area contributed by atoms with E-state index < -0.39 is 0 Å². The summed E-state index contributed by atoms with van der Waals surface area (Å²) in [5.41, 5.74) is 1.02. The van der Waals surface area contributed by atoms with E-state index >= 15 is 0 Å². The Bertz CT molecular complexity index is 577. The van der Waals surface area contributed by atoms with Crippen LogP contribution in [-0.4, -0.2) is 33.3 Å². The minimum atomic E-state index is -0.363. The molecule has 3 rings (SSSR count). The van der Waals surface area contributed by atoms with E-state index in [0.717, 1.165) is 37.9 Å². The molecule has 1 unspecified atom stereocenters. The summed E-state index contributed by atoms with van der Waals surface area (Å²) in [6.45, 7) is 4.63. The highest BCUT2D eigenvalue weighted by Gasteiger charge is 2.26. The van der Waals surface area contributed by atoms with E-state index in [-0.39, 0.29) is 6.10 Å². The van der Waals surface area contributed by atoms with Crippen molar-refractivity contribution in [2.24, 2.45) is 5.92 Å². The van der Waals surface area contributed by atoms with Gasteiger partial charge in [-0.1, -0.05) is 37.3 Å². The molecule has 5 nitrogen and oxygen atoms in total. The number of piperidine rings is 1. The number of aliphatic hydroxyl groups is 1. The minimum Gasteiger partial charge on any atom is -0.424 e. The molecule has 0 radical (unpaired) electrons. The average molecular weight is 301 g/mol. The standard InChI is InChI=1S/C17H23N3O2/c1-2-15-18-19-16(22-15)12-20-10-8-14(9-11-20)17(21)13-6-4-3-5-7-13/h3-7,14,17,21H,2,8-12H2,1H3. The van der Waals surface area contributed by atoms with E-state index in [9.17, 15) is 5.11 Å². The van der Waals surface area contributed by atoms with Gasteiger partial charge in [0, 0.05) is 6.42 Å². The van der Waals surface area contributed by atoms with Crippen molar-refractivity contribution in [3.05, 3.63) is 47.7 Å². The summed E-state index contributed by atoms with van der Waals surface area (Å²) >= 11 is 0. The zero-order valence-electron chi connectivity index (χ0n) is 13.0. The van der Waals surface area contributed by atoms with E-state index in [0.29, 0.717) is 24.2 Å². The van der Waals surface area contributed by atoms with Crippen LogP contribution in [-0.2, 0) is 13.0 Å². The van der Waals surface area contributed by atoms with E-state index in [4.69, 9.17) is 4.42 Å². The number of nitrogens with zero attached hydrogens (tertiary/aromatic N) is 3. The average Bonchev–Trinajstić information content (AvgIpc) is 3.03. The monoisotopic (exact) mass is 301 g/mol. The van der Waals surface area contributed by atoms with E-state index in [1.165, 1.54) is 0 Å². The van der Waals surface area contributed by atoms with Crippen LogP contribution in [0.2, 0.25) is 0 Å². The Hall–Kier alpha value is -1.72. The Labute approximate surface area is 131 Å². The van der Waals surface area contributed by atoms with Gasteiger partial charge in [0.2, 0.25) is 11.8 Å². The lowest BCUT2D eigenvalue weighted by atomic mass is 9.87. The number of rotatable bonds is 5. The van der Waals surface area contributed by atoms with Gasteiger partial charge in [0.05, 0.1) is 12.6 Å². The number of aliphatic hydroxyl groups excluding tert-OH is 1. The Kier molecular flexibility index (Phi) is 4.85. The van der Waals surface area contributed by atoms with Gasteiger partial charge in [0.15, 0.2) is 0 Å². The minimum absolute atomic E-state index is 0.326. The van der Waals surface area contributed by atoms with E-state index in [2.05, 4.69) is 15.1 Å². The second-order valence-corrected chi connectivity index (χ2v) is 5.91. The Morgan fingerprint density at radius 1 is 1.18 bits per heavy atom. The zero-order chi connectivity index (χ0) is 15.4. The first kappa shape index (κ1) is 15.2. The van der Waals surface area contributed by atoms with E-state index in [1.54, 1.807) is 0 Å². The molecule has 118 valence electrons. The van der Waals surface area contributed by atoms with Gasteiger partial charge in [-0.3, -0.25) is 4.90 Å². The van der Waals surface area contributed by atoms with Crippen LogP contribution in [0.5, 0.6) is 0 Å². The van der Waals surface area contributed by atoms with Crippen molar-refractivity contribution in [3.63, 3.8) is 0 Å². The maximum absolute atomic E-state index is 10.5. The molecule has 0 saturated carbocycles. The molecule has 1 saturated heterocycles. The molecule has 2 heterocycles. The summed E-state index contributed by atoms with van der Waals surface area (Å²) in [5.74, 6) is 1.72. The molecule has 1 aliphatic rings. The molecule has 0 bridgehead atoms. The first-order chi connectivity index (χ1) is 10.8. The van der Waals surface area contributed by atoms with Crippen LogP contribution in [0.4, 0.5) is 0 Å². The molecular formula is C17H23N3O2. The van der Waals surface area contributed by atoms with Gasteiger partial charge in [0.1, 0.15) is 0 Å². The van der Waals surface area contributed by atoms with Crippen LogP contribution < -0.4 is 0 Å². The summed E-state index contributed by atoms with van der Waals surface area (Å²) in [6, 6.07) is 9.94. The van der Waals surface area contributed by atoms with Crippen LogP contribution in [0.15, 0.2) is 34.7 Å². The van der Waals surface area contributed by atoms with Gasteiger partial charge in [-0.05, 0) is 37.4 Å². The number of benzene rings is 1. The third-order valence-electron chi connectivity index (χ3n) is 4.39. The molecule has 1 aromatic heterocycles. The third kappa shape index (κ3) is 3.54. The third-order valence-corrected chi connectivity index (χ3v) is 4.39. The van der Waals surface area contributed by atoms with Crippen LogP contribution in [0.25, 0.3) is 0 Å². The van der Waals surface area contributed by atoms with Gasteiger partial charge in [-0.2, -0.15) is 0 Å². The van der Waals surface area contributed by atoms with Crippen molar-refractivity contribution in [1.29, 1.82) is 0 Å². The molecule has 1 aliphatic heterocycles. The number of likely N-dealkylation sites (tertiary alicyclic amines) is 1. The van der Waals surface area contributed by atoms with Crippen LogP contribution in [0.3, 0.4) is 0 Å². The number of aryl methyl sites for hydroxylation is 1. The maximum Gasteiger partial charge on any atom is 0.230 e. The summed E-state index contributed by atoms with van der Waals surface area (Å²) in [7, 11) is 0. The molecule has 5 heteroatoms. The molecule has 0 aliphatic carbocycles. The summed E-state index contributed by atoms with van der Waals surface area (Å²) < 4.78 is 5.57. The first-order valence-electron chi connectivity index (χ1n) is 8.03. The van der Waals surface area contributed by atoms with Gasteiger partial charge in [-0.25, -0.2) is 0 Å². The van der Waals surface area contributed by atoms with Crippen molar-refractivity contribution < 1.29 is 9.52 Å². The van der Waals surface area contributed by atoms with Crippen molar-refractivity contribution >= 4 is 0 Å². The normalized spacial score (nSPS) is 18.5. The van der Waals surface area contributed by atoms with Gasteiger partial charge < -0.3 is 9.52 Å². The number of hydrogen-bond donors (Lipinski definition) is 1. The summed E-state index contributed by atoms with van der Waals surface area (Å²) in [4.78, 5) is 2.32. The van der Waals surface area contributed by atoms with Crippen LogP contribution >= 0.6 is 0 Å². The predicted molar refractivity (Wildman–Crippen MR) is 83.1 cm³/mol.